The molecular formula is C12H10BrCl2N3O. The number of carbonyl (C=O) groups is 1. The Morgan fingerprint density at radius 1 is 1.37 bits per heavy atom. The highest BCUT2D eigenvalue weighted by Gasteiger charge is 2.14. The highest BCUT2D eigenvalue weighted by atomic mass is 79.9. The summed E-state index contributed by atoms with van der Waals surface area (Å²) in [6.07, 6.45) is 1.79. The lowest BCUT2D eigenvalue weighted by Crippen LogP contribution is -2.16. The van der Waals surface area contributed by atoms with Crippen LogP contribution in [0.25, 0.3) is 0 Å². The minimum Gasteiger partial charge on any atom is -0.345 e. The van der Waals surface area contributed by atoms with Crippen LogP contribution in [0.3, 0.4) is 0 Å². The Morgan fingerprint density at radius 2 is 2.05 bits per heavy atom. The molecule has 2 heterocycles. The number of halogens is 3. The van der Waals surface area contributed by atoms with Crippen LogP contribution >= 0.6 is 39.1 Å². The number of nitrogens with one attached hydrogen (secondary N) is 1. The molecule has 0 radical (unpaired) electrons. The van der Waals surface area contributed by atoms with Crippen LogP contribution in [0, 0.1) is 6.92 Å². The minimum absolute atomic E-state index is 0.288. The molecule has 2 aromatic rings. The largest absolute Gasteiger partial charge is 0.345 e. The minimum atomic E-state index is -0.288. The number of anilines is 1. The van der Waals surface area contributed by atoms with Gasteiger partial charge in [-0.25, -0.2) is 4.98 Å². The van der Waals surface area contributed by atoms with Crippen LogP contribution in [0.15, 0.2) is 22.8 Å². The zero-order valence-corrected chi connectivity index (χ0v) is 13.3. The predicted octanol–water partition coefficient (Wildman–Crippen LogP) is 4.05. The maximum absolute atomic E-state index is 12.1. The second-order valence-corrected chi connectivity index (χ2v) is 5.72. The van der Waals surface area contributed by atoms with Gasteiger partial charge in [0.2, 0.25) is 0 Å². The molecule has 0 saturated carbocycles. The average Bonchev–Trinajstić information content (AvgIpc) is 2.65. The van der Waals surface area contributed by atoms with Gasteiger partial charge in [0.1, 0.15) is 5.69 Å². The molecule has 7 heteroatoms. The van der Waals surface area contributed by atoms with Gasteiger partial charge in [0.05, 0.1) is 15.7 Å². The number of rotatable bonds is 2. The summed E-state index contributed by atoms with van der Waals surface area (Å²) in [5.41, 5.74) is 1.10. The quantitative estimate of drug-likeness (QED) is 0.875. The van der Waals surface area contributed by atoms with E-state index in [9.17, 15) is 4.79 Å². The molecule has 0 saturated heterocycles. The van der Waals surface area contributed by atoms with Gasteiger partial charge in [0, 0.05) is 17.7 Å². The van der Waals surface area contributed by atoms with E-state index in [1.54, 1.807) is 36.9 Å². The van der Waals surface area contributed by atoms with Crippen LogP contribution in [-0.2, 0) is 7.05 Å². The van der Waals surface area contributed by atoms with Crippen LogP contribution in [0.5, 0.6) is 0 Å². The van der Waals surface area contributed by atoms with E-state index in [1.807, 2.05) is 0 Å². The highest BCUT2D eigenvalue weighted by molar-refractivity contribution is 9.10. The smallest absolute Gasteiger partial charge is 0.273 e. The summed E-state index contributed by atoms with van der Waals surface area (Å²) in [6, 6.07) is 3.27. The molecule has 19 heavy (non-hydrogen) atoms. The van der Waals surface area contributed by atoms with Crippen LogP contribution in [0.4, 0.5) is 5.82 Å². The van der Waals surface area contributed by atoms with Gasteiger partial charge in [-0.3, -0.25) is 4.79 Å². The van der Waals surface area contributed by atoms with Crippen molar-refractivity contribution in [2.24, 2.45) is 7.05 Å². The Bertz CT molecular complexity index is 655. The number of nitrogens with zero attached hydrogens (tertiary/aromatic N) is 2. The van der Waals surface area contributed by atoms with E-state index in [1.165, 1.54) is 0 Å². The highest BCUT2D eigenvalue weighted by Crippen LogP contribution is 2.26. The molecule has 4 nitrogen and oxygen atoms in total. The van der Waals surface area contributed by atoms with Gasteiger partial charge in [-0.15, -0.1) is 0 Å². The molecule has 0 aromatic carbocycles. The Morgan fingerprint density at radius 3 is 2.63 bits per heavy atom. The number of pyridine rings is 1. The van der Waals surface area contributed by atoms with E-state index in [0.717, 1.165) is 4.47 Å². The van der Waals surface area contributed by atoms with E-state index in [-0.39, 0.29) is 5.91 Å². The lowest BCUT2D eigenvalue weighted by molar-refractivity contribution is 0.101. The zero-order valence-electron chi connectivity index (χ0n) is 10.2. The van der Waals surface area contributed by atoms with Crippen molar-refractivity contribution in [3.63, 3.8) is 0 Å². The van der Waals surface area contributed by atoms with Crippen molar-refractivity contribution < 1.29 is 4.79 Å². The van der Waals surface area contributed by atoms with Crippen LogP contribution in [0.1, 0.15) is 16.2 Å². The lowest BCUT2D eigenvalue weighted by atomic mass is 10.3. The Hall–Kier alpha value is -1.04. The van der Waals surface area contributed by atoms with Crippen LogP contribution < -0.4 is 5.32 Å². The summed E-state index contributed by atoms with van der Waals surface area (Å²) in [7, 11) is 1.78. The first kappa shape index (κ1) is 14.4. The first-order chi connectivity index (χ1) is 8.88. The third-order valence-electron chi connectivity index (χ3n) is 2.54. The normalized spacial score (nSPS) is 10.6. The standard InChI is InChI=1S/C12H10BrCl2N3O/c1-6-8(14)4-9(15)11(16-6)17-12(19)10-3-7(13)5-18(10)2/h3-5H,1-2H3,(H,16,17,19). The first-order valence-corrected chi connectivity index (χ1v) is 6.89. The summed E-state index contributed by atoms with van der Waals surface area (Å²) < 4.78 is 2.53. The predicted molar refractivity (Wildman–Crippen MR) is 80.1 cm³/mol. The monoisotopic (exact) mass is 361 g/mol. The van der Waals surface area contributed by atoms with E-state index in [0.29, 0.717) is 27.3 Å². The van der Waals surface area contributed by atoms with Gasteiger partial charge in [-0.2, -0.15) is 0 Å². The molecule has 0 spiro atoms. The molecule has 0 aliphatic heterocycles. The molecular weight excluding hydrogens is 353 g/mol. The number of hydrogen-bond donors (Lipinski definition) is 1. The van der Waals surface area contributed by atoms with Gasteiger partial charge in [0.15, 0.2) is 5.82 Å². The number of amides is 1. The molecule has 0 aliphatic rings. The summed E-state index contributed by atoms with van der Waals surface area (Å²) >= 11 is 15.2. The van der Waals surface area contributed by atoms with Crippen molar-refractivity contribution in [1.82, 2.24) is 9.55 Å². The molecule has 0 bridgehead atoms. The number of carbonyl (C=O) groups excluding carboxylic acids is 1. The third-order valence-corrected chi connectivity index (χ3v) is 3.65. The molecule has 100 valence electrons. The van der Waals surface area contributed by atoms with Crippen molar-refractivity contribution in [3.05, 3.63) is 44.2 Å². The van der Waals surface area contributed by atoms with Crippen molar-refractivity contribution in [2.45, 2.75) is 6.92 Å². The lowest BCUT2D eigenvalue weighted by Gasteiger charge is -2.08. The van der Waals surface area contributed by atoms with Gasteiger partial charge in [-0.1, -0.05) is 23.2 Å². The molecule has 1 amide bonds. The summed E-state index contributed by atoms with van der Waals surface area (Å²) in [5.74, 6) is 0.00946. The van der Waals surface area contributed by atoms with E-state index < -0.39 is 0 Å². The number of hydrogen-bond acceptors (Lipinski definition) is 2. The summed E-state index contributed by atoms with van der Waals surface area (Å²) in [5, 5.41) is 3.43. The van der Waals surface area contributed by atoms with Crippen LogP contribution in [0.2, 0.25) is 10.0 Å². The second-order valence-electron chi connectivity index (χ2n) is 3.99. The van der Waals surface area contributed by atoms with Gasteiger partial charge in [-0.05, 0) is 35.0 Å². The Labute approximate surface area is 128 Å². The molecule has 2 aromatic heterocycles. The second kappa shape index (κ2) is 5.53. The maximum atomic E-state index is 12.1. The first-order valence-electron chi connectivity index (χ1n) is 5.34. The SMILES string of the molecule is Cc1nc(NC(=O)c2cc(Br)cn2C)c(Cl)cc1Cl. The number of aryl methyl sites for hydroxylation is 2. The topological polar surface area (TPSA) is 46.9 Å². The summed E-state index contributed by atoms with van der Waals surface area (Å²) in [6.45, 7) is 1.74. The Balaban J connectivity index is 2.29. The fourth-order valence-electron chi connectivity index (χ4n) is 1.57. The van der Waals surface area contributed by atoms with Crippen molar-refractivity contribution in [2.75, 3.05) is 5.32 Å². The van der Waals surface area contributed by atoms with Crippen molar-refractivity contribution in [1.29, 1.82) is 0 Å². The number of aromatic nitrogens is 2. The van der Waals surface area contributed by atoms with Crippen LogP contribution in [-0.4, -0.2) is 15.5 Å². The fraction of sp³-hybridized carbons (Fsp3) is 0.167. The summed E-state index contributed by atoms with van der Waals surface area (Å²) in [4.78, 5) is 16.3. The fourth-order valence-corrected chi connectivity index (χ4v) is 2.50. The van der Waals surface area contributed by atoms with E-state index >= 15 is 0 Å². The molecule has 1 N–H and O–H groups in total. The van der Waals surface area contributed by atoms with E-state index in [4.69, 9.17) is 23.2 Å². The zero-order chi connectivity index (χ0) is 14.2. The van der Waals surface area contributed by atoms with Crippen molar-refractivity contribution >= 4 is 50.9 Å². The molecule has 2 rings (SSSR count). The van der Waals surface area contributed by atoms with Gasteiger partial charge in [0.25, 0.3) is 5.91 Å². The van der Waals surface area contributed by atoms with E-state index in [2.05, 4.69) is 26.2 Å². The average molecular weight is 363 g/mol. The molecule has 0 unspecified atom stereocenters. The Kier molecular flexibility index (Phi) is 4.18. The molecule has 0 atom stereocenters. The third kappa shape index (κ3) is 3.11. The van der Waals surface area contributed by atoms with Gasteiger partial charge < -0.3 is 9.88 Å². The molecule has 0 aliphatic carbocycles. The van der Waals surface area contributed by atoms with Gasteiger partial charge >= 0.3 is 0 Å². The van der Waals surface area contributed by atoms with Crippen molar-refractivity contribution in [3.8, 4) is 0 Å². The maximum Gasteiger partial charge on any atom is 0.273 e. The molecule has 0 fully saturated rings.